The van der Waals surface area contributed by atoms with Crippen molar-refractivity contribution in [2.45, 2.75) is 0 Å². The van der Waals surface area contributed by atoms with Gasteiger partial charge in [0.2, 0.25) is 5.82 Å². The summed E-state index contributed by atoms with van der Waals surface area (Å²) in [5.41, 5.74) is 0.256. The summed E-state index contributed by atoms with van der Waals surface area (Å²) in [7, 11) is 1.42. The summed E-state index contributed by atoms with van der Waals surface area (Å²) in [5.74, 6) is -0.249. The van der Waals surface area contributed by atoms with Gasteiger partial charge in [-0.15, -0.1) is 0 Å². The van der Waals surface area contributed by atoms with E-state index in [9.17, 15) is 4.39 Å². The Balaban J connectivity index is 2.80. The zero-order valence-corrected chi connectivity index (χ0v) is 8.38. The van der Waals surface area contributed by atoms with Crippen LogP contribution in [0.1, 0.15) is 0 Å². The van der Waals surface area contributed by atoms with E-state index >= 15 is 0 Å². The third-order valence-electron chi connectivity index (χ3n) is 1.76. The van der Waals surface area contributed by atoms with Crippen molar-refractivity contribution < 1.29 is 9.13 Å². The van der Waals surface area contributed by atoms with E-state index in [4.69, 9.17) is 4.74 Å². The lowest BCUT2D eigenvalue weighted by Gasteiger charge is -2.02. The highest BCUT2D eigenvalue weighted by molar-refractivity contribution is 9.10. The molecule has 13 heavy (non-hydrogen) atoms. The summed E-state index contributed by atoms with van der Waals surface area (Å²) in [6, 6.07) is 1.55. The fourth-order valence-corrected chi connectivity index (χ4v) is 1.52. The van der Waals surface area contributed by atoms with Crippen molar-refractivity contribution >= 4 is 21.6 Å². The molecule has 0 radical (unpaired) electrons. The molecule has 0 saturated carbocycles. The van der Waals surface area contributed by atoms with Crippen LogP contribution in [0.2, 0.25) is 0 Å². The number of imidazole rings is 1. The zero-order chi connectivity index (χ0) is 9.42. The van der Waals surface area contributed by atoms with E-state index in [1.807, 2.05) is 0 Å². The monoisotopic (exact) mass is 244 g/mol. The van der Waals surface area contributed by atoms with Crippen molar-refractivity contribution in [1.29, 1.82) is 0 Å². The molecule has 68 valence electrons. The van der Waals surface area contributed by atoms with Crippen molar-refractivity contribution in [3.05, 3.63) is 28.9 Å². The average molecular weight is 245 g/mol. The Morgan fingerprint density at radius 1 is 1.62 bits per heavy atom. The number of halogens is 2. The number of rotatable bonds is 1. The highest BCUT2D eigenvalue weighted by atomic mass is 79.9. The molecule has 0 aliphatic carbocycles. The second kappa shape index (κ2) is 2.99. The molecule has 0 unspecified atom stereocenters. The van der Waals surface area contributed by atoms with Gasteiger partial charge in [0.1, 0.15) is 4.60 Å². The molecule has 0 spiro atoms. The molecule has 0 aliphatic heterocycles. The summed E-state index contributed by atoms with van der Waals surface area (Å²) in [5, 5.41) is 0. The Labute approximate surface area is 82.3 Å². The Morgan fingerprint density at radius 3 is 3.08 bits per heavy atom. The second-order valence-electron chi connectivity index (χ2n) is 2.47. The van der Waals surface area contributed by atoms with Crippen LogP contribution in [0.5, 0.6) is 5.75 Å². The molecule has 2 aromatic heterocycles. The minimum Gasteiger partial charge on any atom is -0.493 e. The molecular formula is C8H6BrFN2O. The predicted octanol–water partition coefficient (Wildman–Crippen LogP) is 2.24. The quantitative estimate of drug-likeness (QED) is 0.770. The van der Waals surface area contributed by atoms with Crippen LogP contribution in [-0.2, 0) is 0 Å². The molecule has 0 atom stereocenters. The van der Waals surface area contributed by atoms with Crippen LogP contribution >= 0.6 is 15.9 Å². The molecule has 0 saturated heterocycles. The van der Waals surface area contributed by atoms with Gasteiger partial charge in [0.25, 0.3) is 0 Å². The molecule has 0 aliphatic rings. The van der Waals surface area contributed by atoms with Crippen LogP contribution in [0.25, 0.3) is 5.65 Å². The van der Waals surface area contributed by atoms with Gasteiger partial charge in [-0.3, -0.25) is 4.40 Å². The summed E-state index contributed by atoms with van der Waals surface area (Å²) in [4.78, 5) is 3.89. The molecule has 2 aromatic rings. The molecule has 3 nitrogen and oxygen atoms in total. The highest BCUT2D eigenvalue weighted by Crippen LogP contribution is 2.22. The van der Waals surface area contributed by atoms with Gasteiger partial charge < -0.3 is 4.74 Å². The third kappa shape index (κ3) is 1.19. The summed E-state index contributed by atoms with van der Waals surface area (Å²) < 4.78 is 20.6. The predicted molar refractivity (Wildman–Crippen MR) is 49.4 cm³/mol. The first-order valence-corrected chi connectivity index (χ1v) is 4.38. The first-order valence-electron chi connectivity index (χ1n) is 3.59. The van der Waals surface area contributed by atoms with Crippen molar-refractivity contribution in [2.24, 2.45) is 0 Å². The van der Waals surface area contributed by atoms with Gasteiger partial charge in [-0.05, 0) is 15.9 Å². The van der Waals surface area contributed by atoms with Gasteiger partial charge in [-0.25, -0.2) is 4.98 Å². The number of ether oxygens (including phenoxy) is 1. The fourth-order valence-electron chi connectivity index (χ4n) is 1.13. The van der Waals surface area contributed by atoms with Gasteiger partial charge in [0.15, 0.2) is 11.4 Å². The molecule has 2 rings (SSSR count). The Kier molecular flexibility index (Phi) is 1.95. The number of hydrogen-bond acceptors (Lipinski definition) is 2. The Hall–Kier alpha value is -1.10. The lowest BCUT2D eigenvalue weighted by Crippen LogP contribution is -1.93. The van der Waals surface area contributed by atoms with Gasteiger partial charge in [-0.2, -0.15) is 4.39 Å². The van der Waals surface area contributed by atoms with Gasteiger partial charge >= 0.3 is 0 Å². The van der Waals surface area contributed by atoms with Crippen LogP contribution in [0.4, 0.5) is 4.39 Å². The van der Waals surface area contributed by atoms with Crippen LogP contribution in [0.15, 0.2) is 23.1 Å². The SMILES string of the molecule is COc1ccn2c(Br)cnc2c1F. The van der Waals surface area contributed by atoms with E-state index in [2.05, 4.69) is 20.9 Å². The van der Waals surface area contributed by atoms with Gasteiger partial charge in [0, 0.05) is 12.3 Å². The molecular weight excluding hydrogens is 239 g/mol. The molecule has 0 fully saturated rings. The standard InChI is InChI=1S/C8H6BrFN2O/c1-13-5-2-3-12-6(9)4-11-8(12)7(5)10/h2-4H,1H3. The minimum absolute atomic E-state index is 0.200. The maximum absolute atomic E-state index is 13.5. The van der Waals surface area contributed by atoms with Crippen LogP contribution in [0.3, 0.4) is 0 Å². The topological polar surface area (TPSA) is 26.5 Å². The van der Waals surface area contributed by atoms with Crippen molar-refractivity contribution in [3.63, 3.8) is 0 Å². The number of pyridine rings is 1. The molecule has 0 N–H and O–H groups in total. The number of aromatic nitrogens is 2. The summed E-state index contributed by atoms with van der Waals surface area (Å²) in [6.07, 6.45) is 3.23. The zero-order valence-electron chi connectivity index (χ0n) is 6.79. The van der Waals surface area contributed by atoms with Crippen LogP contribution < -0.4 is 4.74 Å². The van der Waals surface area contributed by atoms with Crippen molar-refractivity contribution in [1.82, 2.24) is 9.38 Å². The lowest BCUT2D eigenvalue weighted by atomic mass is 10.4. The van der Waals surface area contributed by atoms with E-state index in [0.29, 0.717) is 4.60 Å². The van der Waals surface area contributed by atoms with E-state index in [-0.39, 0.29) is 11.4 Å². The van der Waals surface area contributed by atoms with E-state index in [1.54, 1.807) is 16.7 Å². The second-order valence-corrected chi connectivity index (χ2v) is 3.29. The normalized spacial score (nSPS) is 10.7. The third-order valence-corrected chi connectivity index (χ3v) is 2.35. The van der Waals surface area contributed by atoms with E-state index < -0.39 is 5.82 Å². The lowest BCUT2D eigenvalue weighted by molar-refractivity contribution is 0.387. The first kappa shape index (κ1) is 8.50. The van der Waals surface area contributed by atoms with E-state index in [0.717, 1.165) is 0 Å². The largest absolute Gasteiger partial charge is 0.493 e. The smallest absolute Gasteiger partial charge is 0.208 e. The minimum atomic E-state index is -0.448. The fraction of sp³-hybridized carbons (Fsp3) is 0.125. The maximum atomic E-state index is 13.5. The number of hydrogen-bond donors (Lipinski definition) is 0. The molecule has 0 bridgehead atoms. The van der Waals surface area contributed by atoms with Crippen molar-refractivity contribution in [3.8, 4) is 5.75 Å². The number of nitrogens with zero attached hydrogens (tertiary/aromatic N) is 2. The number of fused-ring (bicyclic) bond motifs is 1. The highest BCUT2D eigenvalue weighted by Gasteiger charge is 2.10. The van der Waals surface area contributed by atoms with E-state index in [1.165, 1.54) is 13.3 Å². The molecule has 2 heterocycles. The maximum Gasteiger partial charge on any atom is 0.208 e. The Morgan fingerprint density at radius 2 is 2.38 bits per heavy atom. The molecule has 5 heteroatoms. The van der Waals surface area contributed by atoms with Crippen LogP contribution in [-0.4, -0.2) is 16.5 Å². The molecule has 0 amide bonds. The average Bonchev–Trinajstić information content (AvgIpc) is 2.50. The van der Waals surface area contributed by atoms with Gasteiger partial charge in [0.05, 0.1) is 13.3 Å². The van der Waals surface area contributed by atoms with Gasteiger partial charge in [-0.1, -0.05) is 0 Å². The van der Waals surface area contributed by atoms with Crippen molar-refractivity contribution in [2.75, 3.05) is 7.11 Å². The summed E-state index contributed by atoms with van der Waals surface area (Å²) in [6.45, 7) is 0. The first-order chi connectivity index (χ1) is 6.24. The Bertz CT molecular complexity index is 455. The van der Waals surface area contributed by atoms with Crippen LogP contribution in [0, 0.1) is 5.82 Å². The summed E-state index contributed by atoms with van der Waals surface area (Å²) >= 11 is 3.24. The molecule has 0 aromatic carbocycles. The number of methoxy groups -OCH3 is 1.